The maximum absolute atomic E-state index is 9.14. The molecule has 0 aliphatic heterocycles. The van der Waals surface area contributed by atoms with Crippen molar-refractivity contribution in [2.24, 2.45) is 0 Å². The zero-order valence-electron chi connectivity index (χ0n) is 9.10. The third-order valence-corrected chi connectivity index (χ3v) is 2.29. The largest absolute Gasteiger partial charge is 0.280 e. The highest BCUT2D eigenvalue weighted by molar-refractivity contribution is 5.63. The van der Waals surface area contributed by atoms with E-state index in [9.17, 15) is 0 Å². The van der Waals surface area contributed by atoms with E-state index in [-0.39, 0.29) is 5.92 Å². The standard InChI is InChI=1S/C11H11N5/c1-7(2)10-8(5-12)11(16-15-10)9-6-13-3-4-14-9/h3-4,6-7H,1-2H3,(H,15,16). The van der Waals surface area contributed by atoms with Gasteiger partial charge in [0.25, 0.3) is 0 Å². The van der Waals surface area contributed by atoms with Crippen LogP contribution in [0.3, 0.4) is 0 Å². The van der Waals surface area contributed by atoms with Crippen LogP contribution in [0, 0.1) is 11.3 Å². The van der Waals surface area contributed by atoms with Crippen LogP contribution in [0.15, 0.2) is 18.6 Å². The maximum Gasteiger partial charge on any atom is 0.130 e. The van der Waals surface area contributed by atoms with Crippen molar-refractivity contribution in [1.29, 1.82) is 5.26 Å². The zero-order chi connectivity index (χ0) is 11.5. The van der Waals surface area contributed by atoms with Gasteiger partial charge in [0.1, 0.15) is 23.0 Å². The van der Waals surface area contributed by atoms with Gasteiger partial charge >= 0.3 is 0 Å². The molecule has 0 bridgehead atoms. The Morgan fingerprint density at radius 1 is 1.38 bits per heavy atom. The second kappa shape index (κ2) is 4.11. The summed E-state index contributed by atoms with van der Waals surface area (Å²) in [7, 11) is 0. The molecule has 0 spiro atoms. The lowest BCUT2D eigenvalue weighted by Gasteiger charge is -2.00. The first-order chi connectivity index (χ1) is 7.74. The van der Waals surface area contributed by atoms with E-state index in [0.29, 0.717) is 17.0 Å². The van der Waals surface area contributed by atoms with Crippen LogP contribution in [0.5, 0.6) is 0 Å². The van der Waals surface area contributed by atoms with Gasteiger partial charge in [0.05, 0.1) is 11.9 Å². The molecule has 2 heterocycles. The maximum atomic E-state index is 9.14. The Morgan fingerprint density at radius 3 is 2.75 bits per heavy atom. The third kappa shape index (κ3) is 1.65. The Kier molecular flexibility index (Phi) is 2.64. The van der Waals surface area contributed by atoms with Gasteiger partial charge in [-0.05, 0) is 5.92 Å². The lowest BCUT2D eigenvalue weighted by molar-refractivity contribution is 0.808. The van der Waals surface area contributed by atoms with Gasteiger partial charge in [0.15, 0.2) is 0 Å². The van der Waals surface area contributed by atoms with E-state index < -0.39 is 0 Å². The summed E-state index contributed by atoms with van der Waals surface area (Å²) in [6, 6.07) is 2.16. The van der Waals surface area contributed by atoms with E-state index in [4.69, 9.17) is 5.26 Å². The highest BCUT2D eigenvalue weighted by Gasteiger charge is 2.17. The van der Waals surface area contributed by atoms with Crippen LogP contribution >= 0.6 is 0 Å². The molecule has 0 unspecified atom stereocenters. The summed E-state index contributed by atoms with van der Waals surface area (Å²) in [4.78, 5) is 8.10. The predicted molar refractivity (Wildman–Crippen MR) is 58.4 cm³/mol. The summed E-state index contributed by atoms with van der Waals surface area (Å²) in [5.41, 5.74) is 2.57. The molecule has 80 valence electrons. The summed E-state index contributed by atoms with van der Waals surface area (Å²) in [6.45, 7) is 4.02. The molecule has 0 saturated carbocycles. The number of rotatable bonds is 2. The molecule has 0 radical (unpaired) electrons. The number of aromatic nitrogens is 4. The Bertz CT molecular complexity index is 521. The van der Waals surface area contributed by atoms with Crippen molar-refractivity contribution in [3.8, 4) is 17.5 Å². The SMILES string of the molecule is CC(C)c1[nH]nc(-c2cnccn2)c1C#N. The van der Waals surface area contributed by atoms with Crippen molar-refractivity contribution >= 4 is 0 Å². The first-order valence-corrected chi connectivity index (χ1v) is 4.98. The molecule has 2 rings (SSSR count). The van der Waals surface area contributed by atoms with Crippen LogP contribution in [-0.2, 0) is 0 Å². The molecule has 5 heteroatoms. The Morgan fingerprint density at radius 2 is 2.19 bits per heavy atom. The molecular weight excluding hydrogens is 202 g/mol. The minimum atomic E-state index is 0.229. The monoisotopic (exact) mass is 213 g/mol. The van der Waals surface area contributed by atoms with Crippen molar-refractivity contribution in [2.75, 3.05) is 0 Å². The van der Waals surface area contributed by atoms with Gasteiger partial charge in [-0.15, -0.1) is 0 Å². The van der Waals surface area contributed by atoms with Crippen LogP contribution in [0.4, 0.5) is 0 Å². The Balaban J connectivity index is 2.56. The van der Waals surface area contributed by atoms with Gasteiger partial charge in [-0.3, -0.25) is 15.1 Å². The van der Waals surface area contributed by atoms with Crippen LogP contribution in [0.25, 0.3) is 11.4 Å². The van der Waals surface area contributed by atoms with Crippen molar-refractivity contribution in [3.05, 3.63) is 29.8 Å². The van der Waals surface area contributed by atoms with Crippen molar-refractivity contribution in [2.45, 2.75) is 19.8 Å². The smallest absolute Gasteiger partial charge is 0.130 e. The molecule has 0 fully saturated rings. The van der Waals surface area contributed by atoms with Gasteiger partial charge < -0.3 is 0 Å². The summed E-state index contributed by atoms with van der Waals surface area (Å²) in [5, 5.41) is 16.2. The fourth-order valence-electron chi connectivity index (χ4n) is 1.49. The molecule has 1 N–H and O–H groups in total. The molecule has 0 atom stereocenters. The van der Waals surface area contributed by atoms with Gasteiger partial charge in [-0.25, -0.2) is 0 Å². The molecule has 0 saturated heterocycles. The first-order valence-electron chi connectivity index (χ1n) is 4.98. The molecule has 2 aromatic heterocycles. The third-order valence-electron chi connectivity index (χ3n) is 2.29. The fourth-order valence-corrected chi connectivity index (χ4v) is 1.49. The molecule has 16 heavy (non-hydrogen) atoms. The second-order valence-corrected chi connectivity index (χ2v) is 3.72. The van der Waals surface area contributed by atoms with E-state index in [1.54, 1.807) is 18.6 Å². The summed E-state index contributed by atoms with van der Waals surface area (Å²) >= 11 is 0. The van der Waals surface area contributed by atoms with Gasteiger partial charge in [0, 0.05) is 12.4 Å². The average molecular weight is 213 g/mol. The molecule has 0 amide bonds. The minimum Gasteiger partial charge on any atom is -0.280 e. The van der Waals surface area contributed by atoms with E-state index in [2.05, 4.69) is 26.2 Å². The van der Waals surface area contributed by atoms with Crippen LogP contribution in [0.1, 0.15) is 31.0 Å². The predicted octanol–water partition coefficient (Wildman–Crippen LogP) is 1.86. The molecule has 0 aliphatic rings. The normalized spacial score (nSPS) is 10.4. The first kappa shape index (κ1) is 10.3. The van der Waals surface area contributed by atoms with Crippen LogP contribution in [0.2, 0.25) is 0 Å². The quantitative estimate of drug-likeness (QED) is 0.825. The van der Waals surface area contributed by atoms with Crippen LogP contribution in [-0.4, -0.2) is 20.2 Å². The number of H-pyrrole nitrogens is 1. The molecule has 0 aliphatic carbocycles. The number of hydrogen-bond acceptors (Lipinski definition) is 4. The van der Waals surface area contributed by atoms with Gasteiger partial charge in [-0.2, -0.15) is 10.4 Å². The lowest BCUT2D eigenvalue weighted by atomic mass is 10.0. The van der Waals surface area contributed by atoms with E-state index in [1.165, 1.54) is 0 Å². The number of hydrogen-bond donors (Lipinski definition) is 1. The number of nitriles is 1. The van der Waals surface area contributed by atoms with E-state index >= 15 is 0 Å². The zero-order valence-corrected chi connectivity index (χ0v) is 9.10. The fraction of sp³-hybridized carbons (Fsp3) is 0.273. The molecular formula is C11H11N5. The van der Waals surface area contributed by atoms with Crippen molar-refractivity contribution in [1.82, 2.24) is 20.2 Å². The summed E-state index contributed by atoms with van der Waals surface area (Å²) < 4.78 is 0. The molecule has 0 aromatic carbocycles. The van der Waals surface area contributed by atoms with E-state index in [0.717, 1.165) is 5.69 Å². The van der Waals surface area contributed by atoms with Gasteiger partial charge in [0.2, 0.25) is 0 Å². The molecule has 5 nitrogen and oxygen atoms in total. The Hall–Kier alpha value is -2.22. The van der Waals surface area contributed by atoms with Crippen molar-refractivity contribution < 1.29 is 0 Å². The summed E-state index contributed by atoms with van der Waals surface area (Å²) in [5.74, 6) is 0.229. The average Bonchev–Trinajstić information content (AvgIpc) is 2.73. The van der Waals surface area contributed by atoms with E-state index in [1.807, 2.05) is 13.8 Å². The topological polar surface area (TPSA) is 78.2 Å². The lowest BCUT2D eigenvalue weighted by Crippen LogP contribution is -1.91. The Labute approximate surface area is 93.2 Å². The van der Waals surface area contributed by atoms with Gasteiger partial charge in [-0.1, -0.05) is 13.8 Å². The number of nitrogens with one attached hydrogen (secondary N) is 1. The molecule has 2 aromatic rings. The summed E-state index contributed by atoms with van der Waals surface area (Å²) in [6.07, 6.45) is 4.77. The highest BCUT2D eigenvalue weighted by Crippen LogP contribution is 2.24. The number of nitrogens with zero attached hydrogens (tertiary/aromatic N) is 4. The number of aromatic amines is 1. The highest BCUT2D eigenvalue weighted by atomic mass is 15.1. The second-order valence-electron chi connectivity index (χ2n) is 3.72. The minimum absolute atomic E-state index is 0.229. The van der Waals surface area contributed by atoms with Crippen LogP contribution < -0.4 is 0 Å². The van der Waals surface area contributed by atoms with Crippen molar-refractivity contribution in [3.63, 3.8) is 0 Å².